The first-order valence-electron chi connectivity index (χ1n) is 11.9. The fourth-order valence-corrected chi connectivity index (χ4v) is 4.36. The Hall–Kier alpha value is -2.54. The average molecular weight is 516 g/mol. The number of carboxylic acids is 1. The van der Waals surface area contributed by atoms with Crippen LogP contribution >= 0.6 is 11.8 Å². The number of likely N-dealkylation sites (tertiary alicyclic amines) is 1. The molecule has 1 aliphatic heterocycles. The Balaban J connectivity index is 2.88. The van der Waals surface area contributed by atoms with E-state index < -0.39 is 47.9 Å². The van der Waals surface area contributed by atoms with Gasteiger partial charge in [0.15, 0.2) is 5.96 Å². The van der Waals surface area contributed by atoms with Crippen molar-refractivity contribution in [3.05, 3.63) is 0 Å². The van der Waals surface area contributed by atoms with E-state index in [0.29, 0.717) is 57.4 Å². The number of guanidine groups is 1. The molecule has 0 aromatic carbocycles. The Morgan fingerprint density at radius 2 is 1.77 bits per heavy atom. The highest BCUT2D eigenvalue weighted by molar-refractivity contribution is 7.98. The van der Waals surface area contributed by atoms with Crippen LogP contribution in [0.1, 0.15) is 52.4 Å². The lowest BCUT2D eigenvalue weighted by Crippen LogP contribution is -2.57. The van der Waals surface area contributed by atoms with Crippen molar-refractivity contribution < 1.29 is 24.3 Å². The van der Waals surface area contributed by atoms with Crippen molar-refractivity contribution in [2.24, 2.45) is 28.1 Å². The number of thioether (sulfide) groups is 1. The van der Waals surface area contributed by atoms with E-state index in [1.807, 2.05) is 20.1 Å². The number of nitrogens with two attached hydrogens (primary N) is 3. The van der Waals surface area contributed by atoms with Crippen LogP contribution in [-0.2, 0) is 19.2 Å². The van der Waals surface area contributed by atoms with Crippen LogP contribution in [0.5, 0.6) is 0 Å². The summed E-state index contributed by atoms with van der Waals surface area (Å²) in [5.41, 5.74) is 16.5. The molecule has 3 amide bonds. The van der Waals surface area contributed by atoms with E-state index in [2.05, 4.69) is 15.6 Å². The van der Waals surface area contributed by atoms with Gasteiger partial charge < -0.3 is 37.8 Å². The smallest absolute Gasteiger partial charge is 0.326 e. The third kappa shape index (κ3) is 10.7. The molecule has 0 bridgehead atoms. The molecule has 35 heavy (non-hydrogen) atoms. The summed E-state index contributed by atoms with van der Waals surface area (Å²) in [5.74, 6) is -1.79. The van der Waals surface area contributed by atoms with Gasteiger partial charge >= 0.3 is 5.97 Å². The predicted octanol–water partition coefficient (Wildman–Crippen LogP) is -0.788. The molecular weight excluding hydrogens is 474 g/mol. The van der Waals surface area contributed by atoms with Gasteiger partial charge in [-0.1, -0.05) is 13.8 Å². The van der Waals surface area contributed by atoms with E-state index >= 15 is 0 Å². The van der Waals surface area contributed by atoms with E-state index in [0.717, 1.165) is 0 Å². The van der Waals surface area contributed by atoms with E-state index in [1.54, 1.807) is 0 Å². The number of carboxylic acid groups (broad SMARTS) is 1. The van der Waals surface area contributed by atoms with Crippen LogP contribution in [0.3, 0.4) is 0 Å². The van der Waals surface area contributed by atoms with Crippen LogP contribution in [0, 0.1) is 5.92 Å². The molecule has 4 atom stereocenters. The maximum atomic E-state index is 13.2. The van der Waals surface area contributed by atoms with Crippen molar-refractivity contribution in [3.63, 3.8) is 0 Å². The number of rotatable bonds is 15. The number of amides is 3. The number of nitrogens with one attached hydrogen (secondary N) is 2. The summed E-state index contributed by atoms with van der Waals surface area (Å²) >= 11 is 1.52. The molecule has 12 nitrogen and oxygen atoms in total. The van der Waals surface area contributed by atoms with Crippen molar-refractivity contribution in [1.29, 1.82) is 0 Å². The SMILES string of the molecule is CSCCC(NC(=O)C(CC(C)C)NC(=O)C(N)CCCN=C(N)N)C(=O)N1CCCC1C(=O)O. The zero-order chi connectivity index (χ0) is 26.5. The molecule has 1 rings (SSSR count). The van der Waals surface area contributed by atoms with Crippen molar-refractivity contribution in [2.75, 3.05) is 25.1 Å². The molecule has 1 saturated heterocycles. The molecule has 0 aromatic heterocycles. The Labute approximate surface area is 211 Å². The first kappa shape index (κ1) is 30.5. The number of hydrogen-bond donors (Lipinski definition) is 6. The predicted molar refractivity (Wildman–Crippen MR) is 137 cm³/mol. The number of carbonyl (C=O) groups is 4. The summed E-state index contributed by atoms with van der Waals surface area (Å²) < 4.78 is 0. The Morgan fingerprint density at radius 1 is 1.11 bits per heavy atom. The second-order valence-corrected chi connectivity index (χ2v) is 10.1. The van der Waals surface area contributed by atoms with Gasteiger partial charge in [-0.25, -0.2) is 4.79 Å². The molecule has 1 fully saturated rings. The second-order valence-electron chi connectivity index (χ2n) is 9.12. The topological polar surface area (TPSA) is 206 Å². The number of nitrogens with zero attached hydrogens (tertiary/aromatic N) is 2. The van der Waals surface area contributed by atoms with Gasteiger partial charge in [0.2, 0.25) is 17.7 Å². The first-order valence-corrected chi connectivity index (χ1v) is 13.3. The average Bonchev–Trinajstić information content (AvgIpc) is 3.28. The van der Waals surface area contributed by atoms with Crippen LogP contribution in [-0.4, -0.2) is 88.9 Å². The number of aliphatic carboxylic acids is 1. The van der Waals surface area contributed by atoms with Crippen LogP contribution in [0.4, 0.5) is 0 Å². The summed E-state index contributed by atoms with van der Waals surface area (Å²) in [4.78, 5) is 55.7. The molecule has 200 valence electrons. The van der Waals surface area contributed by atoms with Gasteiger partial charge in [-0.3, -0.25) is 19.4 Å². The molecule has 4 unspecified atom stereocenters. The molecule has 0 aromatic rings. The number of aliphatic imine (C=N–C) groups is 1. The monoisotopic (exact) mass is 515 g/mol. The van der Waals surface area contributed by atoms with Gasteiger partial charge in [0.1, 0.15) is 18.1 Å². The minimum atomic E-state index is -1.05. The highest BCUT2D eigenvalue weighted by atomic mass is 32.2. The van der Waals surface area contributed by atoms with Gasteiger partial charge in [-0.05, 0) is 56.5 Å². The van der Waals surface area contributed by atoms with E-state index in [4.69, 9.17) is 17.2 Å². The first-order chi connectivity index (χ1) is 16.5. The maximum absolute atomic E-state index is 13.2. The van der Waals surface area contributed by atoms with Crippen LogP contribution in [0.25, 0.3) is 0 Å². The van der Waals surface area contributed by atoms with E-state index in [1.165, 1.54) is 16.7 Å². The zero-order valence-corrected chi connectivity index (χ0v) is 21.7. The largest absolute Gasteiger partial charge is 0.480 e. The molecule has 0 aliphatic carbocycles. The summed E-state index contributed by atoms with van der Waals surface area (Å²) in [7, 11) is 0. The van der Waals surface area contributed by atoms with Gasteiger partial charge in [-0.2, -0.15) is 11.8 Å². The van der Waals surface area contributed by atoms with E-state index in [9.17, 15) is 24.3 Å². The number of carbonyl (C=O) groups excluding carboxylic acids is 3. The Morgan fingerprint density at radius 3 is 2.34 bits per heavy atom. The molecule has 1 heterocycles. The fourth-order valence-electron chi connectivity index (χ4n) is 3.88. The van der Waals surface area contributed by atoms with Crippen molar-refractivity contribution >= 4 is 41.4 Å². The van der Waals surface area contributed by atoms with Crippen molar-refractivity contribution in [2.45, 2.75) is 76.5 Å². The Bertz CT molecular complexity index is 760. The standard InChI is InChI=1S/C22H41N7O5S/c1-13(2)12-16(28-18(30)14(23)6-4-9-26-22(24)25)19(31)27-15(8-11-35-3)20(32)29-10-5-7-17(29)21(33)34/h13-17H,4-12,23H2,1-3H3,(H,27,31)(H,28,30)(H,33,34)(H4,24,25,26). The third-order valence-corrected chi connectivity index (χ3v) is 6.33. The molecule has 1 aliphatic rings. The van der Waals surface area contributed by atoms with Gasteiger partial charge in [0, 0.05) is 13.1 Å². The third-order valence-electron chi connectivity index (χ3n) is 5.69. The van der Waals surface area contributed by atoms with Gasteiger partial charge in [0.25, 0.3) is 0 Å². The summed E-state index contributed by atoms with van der Waals surface area (Å²) in [6.07, 6.45) is 4.40. The fraction of sp³-hybridized carbons (Fsp3) is 0.773. The van der Waals surface area contributed by atoms with Crippen LogP contribution in [0.15, 0.2) is 4.99 Å². The minimum absolute atomic E-state index is 0.0362. The van der Waals surface area contributed by atoms with Crippen LogP contribution in [0.2, 0.25) is 0 Å². The normalized spacial score (nSPS) is 18.0. The van der Waals surface area contributed by atoms with Crippen LogP contribution < -0.4 is 27.8 Å². The Kier molecular flexibility index (Phi) is 13.5. The maximum Gasteiger partial charge on any atom is 0.326 e. The summed E-state index contributed by atoms with van der Waals surface area (Å²) in [6, 6.07) is -3.50. The van der Waals surface area contributed by atoms with Crippen molar-refractivity contribution in [1.82, 2.24) is 15.5 Å². The molecular formula is C22H41N7O5S. The lowest BCUT2D eigenvalue weighted by Gasteiger charge is -2.29. The van der Waals surface area contributed by atoms with E-state index in [-0.39, 0.29) is 11.9 Å². The summed E-state index contributed by atoms with van der Waals surface area (Å²) in [5, 5.41) is 14.9. The zero-order valence-electron chi connectivity index (χ0n) is 20.9. The lowest BCUT2D eigenvalue weighted by atomic mass is 10.0. The second kappa shape index (κ2) is 15.5. The van der Waals surface area contributed by atoms with Gasteiger partial charge in [-0.15, -0.1) is 0 Å². The lowest BCUT2D eigenvalue weighted by molar-refractivity contribution is -0.149. The molecule has 0 radical (unpaired) electrons. The number of hydrogen-bond acceptors (Lipinski definition) is 7. The highest BCUT2D eigenvalue weighted by Crippen LogP contribution is 2.20. The highest BCUT2D eigenvalue weighted by Gasteiger charge is 2.38. The molecule has 0 saturated carbocycles. The summed E-state index contributed by atoms with van der Waals surface area (Å²) in [6.45, 7) is 4.51. The molecule has 9 N–H and O–H groups in total. The molecule has 0 spiro atoms. The molecule has 13 heteroatoms. The quantitative estimate of drug-likeness (QED) is 0.0916. The van der Waals surface area contributed by atoms with Crippen molar-refractivity contribution in [3.8, 4) is 0 Å². The van der Waals surface area contributed by atoms with Gasteiger partial charge in [0.05, 0.1) is 6.04 Å². The minimum Gasteiger partial charge on any atom is -0.480 e.